The molecule has 0 radical (unpaired) electrons. The molecule has 1 aromatic heterocycles. The van der Waals surface area contributed by atoms with Crippen molar-refractivity contribution in [2.45, 2.75) is 12.5 Å². The Bertz CT molecular complexity index is 1140. The van der Waals surface area contributed by atoms with Gasteiger partial charge in [-0.25, -0.2) is 4.79 Å². The molecule has 2 heterocycles. The Morgan fingerprint density at radius 1 is 1.00 bits per heavy atom. The third-order valence-electron chi connectivity index (χ3n) is 5.03. The normalized spacial score (nSPS) is 14.2. The van der Waals surface area contributed by atoms with Crippen LogP contribution in [-0.2, 0) is 0 Å². The van der Waals surface area contributed by atoms with Crippen LogP contribution in [0.3, 0.4) is 0 Å². The van der Waals surface area contributed by atoms with Crippen molar-refractivity contribution < 1.29 is 23.8 Å². The highest BCUT2D eigenvalue weighted by molar-refractivity contribution is 6.21. The van der Waals surface area contributed by atoms with Gasteiger partial charge in [0.15, 0.2) is 0 Å². The van der Waals surface area contributed by atoms with Crippen LogP contribution in [0.15, 0.2) is 63.8 Å². The van der Waals surface area contributed by atoms with Gasteiger partial charge >= 0.3 is 5.63 Å². The number of hydrogen-bond acceptors (Lipinski definition) is 7. The molecule has 160 valence electrons. The number of carbonyl (C=O) groups excluding carboxylic acids is 2. The average Bonchev–Trinajstić information content (AvgIpc) is 3.02. The molecule has 1 atom stereocenters. The number of carbonyl (C=O) groups is 2. The topological polar surface area (TPSA) is 109 Å². The fourth-order valence-corrected chi connectivity index (χ4v) is 3.46. The summed E-state index contributed by atoms with van der Waals surface area (Å²) in [5, 5.41) is 14.0. The summed E-state index contributed by atoms with van der Waals surface area (Å²) in [5.74, 6) is -0.0352. The fraction of sp³-hybridized carbons (Fsp3) is 0.261. The van der Waals surface area contributed by atoms with Crippen LogP contribution in [0, 0.1) is 0 Å². The van der Waals surface area contributed by atoms with Crippen LogP contribution in [0.25, 0.3) is 11.0 Å². The summed E-state index contributed by atoms with van der Waals surface area (Å²) >= 11 is 0. The molecular formula is C23H22N2O6. The molecule has 2 N–H and O–H groups in total. The molecule has 0 bridgehead atoms. The molecule has 0 aliphatic carbocycles. The number of imide groups is 1. The lowest BCUT2D eigenvalue weighted by atomic mass is 10.1. The van der Waals surface area contributed by atoms with Crippen LogP contribution in [-0.4, -0.2) is 54.2 Å². The van der Waals surface area contributed by atoms with Crippen LogP contribution in [0.4, 0.5) is 0 Å². The number of aliphatic hydroxyl groups is 1. The Kier molecular flexibility index (Phi) is 6.11. The summed E-state index contributed by atoms with van der Waals surface area (Å²) in [7, 11) is 0. The van der Waals surface area contributed by atoms with E-state index >= 15 is 0 Å². The van der Waals surface area contributed by atoms with Crippen LogP contribution in [0.2, 0.25) is 0 Å². The number of rotatable bonds is 9. The van der Waals surface area contributed by atoms with Crippen LogP contribution in [0.5, 0.6) is 5.75 Å². The van der Waals surface area contributed by atoms with Crippen LogP contribution in [0.1, 0.15) is 27.1 Å². The minimum Gasteiger partial charge on any atom is -0.491 e. The van der Waals surface area contributed by atoms with E-state index in [1.54, 1.807) is 48.5 Å². The molecule has 2 aromatic carbocycles. The molecule has 1 aliphatic rings. The fourth-order valence-electron chi connectivity index (χ4n) is 3.46. The first-order valence-corrected chi connectivity index (χ1v) is 10.0. The van der Waals surface area contributed by atoms with Gasteiger partial charge in [-0.3, -0.25) is 14.5 Å². The van der Waals surface area contributed by atoms with Gasteiger partial charge in [-0.15, -0.1) is 0 Å². The van der Waals surface area contributed by atoms with Gasteiger partial charge in [-0.2, -0.15) is 0 Å². The molecule has 1 aliphatic heterocycles. The highest BCUT2D eigenvalue weighted by atomic mass is 16.5. The summed E-state index contributed by atoms with van der Waals surface area (Å²) in [6, 6.07) is 15.0. The van der Waals surface area contributed by atoms with Gasteiger partial charge in [0.05, 0.1) is 11.1 Å². The van der Waals surface area contributed by atoms with Crippen molar-refractivity contribution in [2.75, 3.05) is 26.2 Å². The van der Waals surface area contributed by atoms with E-state index in [4.69, 9.17) is 9.15 Å². The van der Waals surface area contributed by atoms with E-state index in [-0.39, 0.29) is 18.4 Å². The van der Waals surface area contributed by atoms with Gasteiger partial charge in [-0.05, 0) is 43.3 Å². The summed E-state index contributed by atoms with van der Waals surface area (Å²) in [5.41, 5.74) is 0.878. The molecule has 31 heavy (non-hydrogen) atoms. The van der Waals surface area contributed by atoms with E-state index in [2.05, 4.69) is 5.32 Å². The Hall–Kier alpha value is -3.49. The highest BCUT2D eigenvalue weighted by Crippen LogP contribution is 2.22. The number of fused-ring (bicyclic) bond motifs is 2. The Balaban J connectivity index is 1.17. The predicted octanol–water partition coefficient (Wildman–Crippen LogP) is 1.81. The van der Waals surface area contributed by atoms with E-state index in [1.165, 1.54) is 11.0 Å². The lowest BCUT2D eigenvalue weighted by molar-refractivity contribution is 0.0651. The van der Waals surface area contributed by atoms with Crippen molar-refractivity contribution in [2.24, 2.45) is 0 Å². The monoisotopic (exact) mass is 422 g/mol. The lowest BCUT2D eigenvalue weighted by Crippen LogP contribution is -2.35. The first-order chi connectivity index (χ1) is 15.0. The maximum atomic E-state index is 12.3. The molecule has 0 unspecified atom stereocenters. The van der Waals surface area contributed by atoms with E-state index < -0.39 is 11.7 Å². The zero-order chi connectivity index (χ0) is 21.8. The van der Waals surface area contributed by atoms with E-state index in [9.17, 15) is 19.5 Å². The third kappa shape index (κ3) is 4.65. The summed E-state index contributed by atoms with van der Waals surface area (Å²) in [6.07, 6.45) is -0.180. The quantitative estimate of drug-likeness (QED) is 0.307. The number of aliphatic hydroxyl groups excluding tert-OH is 1. The number of hydrogen-bond donors (Lipinski definition) is 2. The maximum Gasteiger partial charge on any atom is 0.336 e. The first-order valence-electron chi connectivity index (χ1n) is 10.0. The average molecular weight is 422 g/mol. The molecule has 0 spiro atoms. The Morgan fingerprint density at radius 3 is 2.45 bits per heavy atom. The minimum absolute atomic E-state index is 0.0635. The molecule has 8 heteroatoms. The SMILES string of the molecule is O=C1c2ccccc2C(=O)N1CCCNC[C@H](O)COc1ccc2ccc(=O)oc2c1. The molecule has 2 amide bonds. The van der Waals surface area contributed by atoms with Gasteiger partial charge in [-0.1, -0.05) is 12.1 Å². The van der Waals surface area contributed by atoms with E-state index in [0.29, 0.717) is 48.5 Å². The second kappa shape index (κ2) is 9.11. The van der Waals surface area contributed by atoms with Gasteiger partial charge in [0.2, 0.25) is 0 Å². The number of nitrogens with zero attached hydrogens (tertiary/aromatic N) is 1. The molecule has 0 saturated heterocycles. The molecule has 0 saturated carbocycles. The van der Waals surface area contributed by atoms with Gasteiger partial charge in [0.1, 0.15) is 24.0 Å². The summed E-state index contributed by atoms with van der Waals surface area (Å²) in [4.78, 5) is 37.2. The standard InChI is InChI=1S/C23H22N2O6/c26-16(14-30-17-8-6-15-7-9-21(27)31-20(15)12-17)13-24-10-3-11-25-22(28)18-4-1-2-5-19(18)23(25)29/h1-2,4-9,12,16,24,26H,3,10-11,13-14H2/t16-/m0/s1. The number of ether oxygens (including phenoxy) is 1. The van der Waals surface area contributed by atoms with Gasteiger partial charge in [0, 0.05) is 30.6 Å². The second-order valence-corrected chi connectivity index (χ2v) is 7.28. The zero-order valence-electron chi connectivity index (χ0n) is 16.7. The van der Waals surface area contributed by atoms with Crippen molar-refractivity contribution in [3.63, 3.8) is 0 Å². The zero-order valence-corrected chi connectivity index (χ0v) is 16.7. The predicted molar refractivity (Wildman–Crippen MR) is 113 cm³/mol. The van der Waals surface area contributed by atoms with Crippen molar-refractivity contribution in [1.29, 1.82) is 0 Å². The van der Waals surface area contributed by atoms with Crippen molar-refractivity contribution in [1.82, 2.24) is 10.2 Å². The number of amides is 2. The smallest absolute Gasteiger partial charge is 0.336 e. The third-order valence-corrected chi connectivity index (χ3v) is 5.03. The van der Waals surface area contributed by atoms with E-state index in [1.807, 2.05) is 0 Å². The van der Waals surface area contributed by atoms with Crippen molar-refractivity contribution in [3.05, 3.63) is 76.1 Å². The molecule has 0 fully saturated rings. The number of nitrogens with one attached hydrogen (secondary N) is 1. The van der Waals surface area contributed by atoms with Crippen molar-refractivity contribution in [3.8, 4) is 5.75 Å². The molecule has 8 nitrogen and oxygen atoms in total. The maximum absolute atomic E-state index is 12.3. The lowest BCUT2D eigenvalue weighted by Gasteiger charge is -2.15. The Morgan fingerprint density at radius 2 is 1.71 bits per heavy atom. The molecule has 4 rings (SSSR count). The Labute approximate surface area is 178 Å². The van der Waals surface area contributed by atoms with Gasteiger partial charge in [0.25, 0.3) is 11.8 Å². The minimum atomic E-state index is -0.752. The van der Waals surface area contributed by atoms with Gasteiger partial charge < -0.3 is 19.6 Å². The van der Waals surface area contributed by atoms with Crippen LogP contribution >= 0.6 is 0 Å². The number of benzene rings is 2. The van der Waals surface area contributed by atoms with Crippen molar-refractivity contribution >= 4 is 22.8 Å². The second-order valence-electron chi connectivity index (χ2n) is 7.28. The first kappa shape index (κ1) is 20.8. The highest BCUT2D eigenvalue weighted by Gasteiger charge is 2.34. The summed E-state index contributed by atoms with van der Waals surface area (Å²) in [6.45, 7) is 1.21. The largest absolute Gasteiger partial charge is 0.491 e. The van der Waals surface area contributed by atoms with Crippen LogP contribution < -0.4 is 15.7 Å². The van der Waals surface area contributed by atoms with E-state index in [0.717, 1.165) is 5.39 Å². The summed E-state index contributed by atoms with van der Waals surface area (Å²) < 4.78 is 10.7. The molecule has 3 aromatic rings. The molecular weight excluding hydrogens is 400 g/mol.